The maximum absolute atomic E-state index is 12.9. The number of nitrogens with zero attached hydrogens (tertiary/aromatic N) is 4. The molecule has 0 spiro atoms. The van der Waals surface area contributed by atoms with Gasteiger partial charge in [0.2, 0.25) is 11.8 Å². The number of aromatic nitrogens is 1. The number of pyridine rings is 1. The van der Waals surface area contributed by atoms with Crippen LogP contribution in [0.25, 0.3) is 0 Å². The van der Waals surface area contributed by atoms with Crippen molar-refractivity contribution in [1.29, 1.82) is 0 Å². The molecule has 0 saturated carbocycles. The Balaban J connectivity index is 1.53. The van der Waals surface area contributed by atoms with Crippen LogP contribution >= 0.6 is 0 Å². The number of hydrogen-bond acceptors (Lipinski definition) is 5. The van der Waals surface area contributed by atoms with E-state index in [1.165, 1.54) is 0 Å². The predicted octanol–water partition coefficient (Wildman–Crippen LogP) is 0.919. The number of ether oxygens (including phenoxy) is 1. The van der Waals surface area contributed by atoms with Gasteiger partial charge in [0.25, 0.3) is 0 Å². The van der Waals surface area contributed by atoms with Crippen LogP contribution in [0.5, 0.6) is 0 Å². The van der Waals surface area contributed by atoms with E-state index in [0.717, 1.165) is 44.0 Å². The lowest BCUT2D eigenvalue weighted by Gasteiger charge is -2.35. The number of piperidine rings is 1. The minimum atomic E-state index is -0.112. The molecule has 0 aromatic carbocycles. The number of morpholine rings is 1. The molecule has 7 heteroatoms. The lowest BCUT2D eigenvalue weighted by molar-refractivity contribution is -0.142. The summed E-state index contributed by atoms with van der Waals surface area (Å²) in [7, 11) is 1.84. The fraction of sp³-hybridized carbons (Fsp3) is 0.650. The van der Waals surface area contributed by atoms with Crippen molar-refractivity contribution in [3.05, 3.63) is 29.6 Å². The molecule has 0 bridgehead atoms. The summed E-state index contributed by atoms with van der Waals surface area (Å²) in [5.74, 6) is 0.176. The second kappa shape index (κ2) is 9.28. The SMILES string of the molecule is Cc1cnccc1CN(C)C(=O)[C@H]1CCC(=O)N(CCN2CCOCC2)C1. The third kappa shape index (κ3) is 5.26. The first-order valence-electron chi connectivity index (χ1n) is 9.77. The maximum Gasteiger partial charge on any atom is 0.227 e. The maximum atomic E-state index is 12.9. The molecule has 2 aliphatic heterocycles. The van der Waals surface area contributed by atoms with Crippen molar-refractivity contribution in [3.63, 3.8) is 0 Å². The van der Waals surface area contributed by atoms with Gasteiger partial charge >= 0.3 is 0 Å². The molecule has 3 heterocycles. The van der Waals surface area contributed by atoms with Crippen molar-refractivity contribution in [1.82, 2.24) is 19.7 Å². The van der Waals surface area contributed by atoms with E-state index in [2.05, 4.69) is 9.88 Å². The van der Waals surface area contributed by atoms with Gasteiger partial charge < -0.3 is 14.5 Å². The van der Waals surface area contributed by atoms with Gasteiger partial charge in [0.1, 0.15) is 0 Å². The largest absolute Gasteiger partial charge is 0.379 e. The molecule has 1 aromatic rings. The molecule has 1 aromatic heterocycles. The summed E-state index contributed by atoms with van der Waals surface area (Å²) in [6, 6.07) is 1.96. The van der Waals surface area contributed by atoms with Gasteiger partial charge in [0.15, 0.2) is 0 Å². The lowest BCUT2D eigenvalue weighted by Crippen LogP contribution is -2.49. The number of rotatable bonds is 6. The van der Waals surface area contributed by atoms with Crippen LogP contribution in [0.4, 0.5) is 0 Å². The van der Waals surface area contributed by atoms with Crippen LogP contribution in [0.3, 0.4) is 0 Å². The fourth-order valence-corrected chi connectivity index (χ4v) is 3.74. The van der Waals surface area contributed by atoms with Crippen LogP contribution in [-0.2, 0) is 20.9 Å². The van der Waals surface area contributed by atoms with E-state index in [4.69, 9.17) is 4.74 Å². The van der Waals surface area contributed by atoms with Crippen molar-refractivity contribution in [2.45, 2.75) is 26.3 Å². The Hall–Kier alpha value is -1.99. The normalized spacial score (nSPS) is 21.3. The summed E-state index contributed by atoms with van der Waals surface area (Å²) in [5, 5.41) is 0. The van der Waals surface area contributed by atoms with Gasteiger partial charge in [-0.25, -0.2) is 0 Å². The number of aryl methyl sites for hydroxylation is 1. The Morgan fingerprint density at radius 2 is 2.11 bits per heavy atom. The number of carbonyl (C=O) groups is 2. The summed E-state index contributed by atoms with van der Waals surface area (Å²) in [6.45, 7) is 8.00. The van der Waals surface area contributed by atoms with Crippen LogP contribution in [-0.4, -0.2) is 84.5 Å². The second-order valence-corrected chi connectivity index (χ2v) is 7.53. The molecule has 0 N–H and O–H groups in total. The average molecular weight is 374 g/mol. The minimum Gasteiger partial charge on any atom is -0.379 e. The standard InChI is InChI=1S/C20H30N4O3/c1-16-13-21-6-5-17(16)14-22(2)20(26)18-3-4-19(25)24(15-18)8-7-23-9-11-27-12-10-23/h5-6,13,18H,3-4,7-12,14-15H2,1-2H3/t18-/m0/s1. The Kier molecular flexibility index (Phi) is 6.79. The van der Waals surface area contributed by atoms with Gasteiger partial charge in [-0.3, -0.25) is 19.5 Å². The zero-order valence-electron chi connectivity index (χ0n) is 16.4. The molecule has 2 fully saturated rings. The van der Waals surface area contributed by atoms with Crippen molar-refractivity contribution >= 4 is 11.8 Å². The van der Waals surface area contributed by atoms with E-state index in [-0.39, 0.29) is 17.7 Å². The van der Waals surface area contributed by atoms with Gasteiger partial charge in [0, 0.05) is 65.1 Å². The average Bonchev–Trinajstić information content (AvgIpc) is 2.69. The number of likely N-dealkylation sites (tertiary alicyclic amines) is 1. The number of carbonyl (C=O) groups excluding carboxylic acids is 2. The van der Waals surface area contributed by atoms with Crippen LogP contribution in [0, 0.1) is 12.8 Å². The summed E-state index contributed by atoms with van der Waals surface area (Å²) in [6.07, 6.45) is 4.68. The first-order chi connectivity index (χ1) is 13.0. The van der Waals surface area contributed by atoms with Crippen molar-refractivity contribution in [2.24, 2.45) is 5.92 Å². The van der Waals surface area contributed by atoms with Crippen molar-refractivity contribution < 1.29 is 14.3 Å². The van der Waals surface area contributed by atoms with E-state index < -0.39 is 0 Å². The minimum absolute atomic E-state index is 0.112. The highest BCUT2D eigenvalue weighted by molar-refractivity contribution is 5.83. The molecule has 1 atom stereocenters. The van der Waals surface area contributed by atoms with Gasteiger partial charge in [-0.05, 0) is 30.5 Å². The van der Waals surface area contributed by atoms with E-state index in [9.17, 15) is 9.59 Å². The molecular weight excluding hydrogens is 344 g/mol. The molecule has 2 saturated heterocycles. The molecule has 0 unspecified atom stereocenters. The smallest absolute Gasteiger partial charge is 0.227 e. The predicted molar refractivity (Wildman–Crippen MR) is 102 cm³/mol. The first-order valence-corrected chi connectivity index (χ1v) is 9.77. The molecule has 2 amide bonds. The van der Waals surface area contributed by atoms with Gasteiger partial charge in [-0.15, -0.1) is 0 Å². The molecule has 3 rings (SSSR count). The number of amides is 2. The molecule has 2 aliphatic rings. The Labute approximate surface area is 161 Å². The zero-order valence-corrected chi connectivity index (χ0v) is 16.4. The first kappa shape index (κ1) is 19.8. The summed E-state index contributed by atoms with van der Waals surface area (Å²) in [5.41, 5.74) is 2.19. The monoisotopic (exact) mass is 374 g/mol. The van der Waals surface area contributed by atoms with Crippen molar-refractivity contribution in [2.75, 3.05) is 53.0 Å². The van der Waals surface area contributed by atoms with Crippen molar-refractivity contribution in [3.8, 4) is 0 Å². The number of hydrogen-bond donors (Lipinski definition) is 0. The van der Waals surface area contributed by atoms with Gasteiger partial charge in [-0.2, -0.15) is 0 Å². The van der Waals surface area contributed by atoms with E-state index in [1.807, 2.05) is 31.1 Å². The molecule has 148 valence electrons. The molecular formula is C20H30N4O3. The quantitative estimate of drug-likeness (QED) is 0.741. The Morgan fingerprint density at radius 1 is 1.33 bits per heavy atom. The van der Waals surface area contributed by atoms with E-state index >= 15 is 0 Å². The second-order valence-electron chi connectivity index (χ2n) is 7.53. The van der Waals surface area contributed by atoms with Crippen LogP contribution in [0.1, 0.15) is 24.0 Å². The Morgan fingerprint density at radius 3 is 2.85 bits per heavy atom. The topological polar surface area (TPSA) is 66.0 Å². The molecule has 27 heavy (non-hydrogen) atoms. The summed E-state index contributed by atoms with van der Waals surface area (Å²) in [4.78, 5) is 35.3. The lowest BCUT2D eigenvalue weighted by atomic mass is 9.95. The zero-order chi connectivity index (χ0) is 19.2. The third-order valence-corrected chi connectivity index (χ3v) is 5.56. The van der Waals surface area contributed by atoms with E-state index in [0.29, 0.717) is 32.5 Å². The highest BCUT2D eigenvalue weighted by Gasteiger charge is 2.32. The Bertz CT molecular complexity index is 660. The highest BCUT2D eigenvalue weighted by atomic mass is 16.5. The highest BCUT2D eigenvalue weighted by Crippen LogP contribution is 2.21. The summed E-state index contributed by atoms with van der Waals surface area (Å²) < 4.78 is 5.37. The molecule has 7 nitrogen and oxygen atoms in total. The fourth-order valence-electron chi connectivity index (χ4n) is 3.74. The third-order valence-electron chi connectivity index (χ3n) is 5.56. The molecule has 0 aliphatic carbocycles. The summed E-state index contributed by atoms with van der Waals surface area (Å²) >= 11 is 0. The van der Waals surface area contributed by atoms with Crippen LogP contribution in [0.15, 0.2) is 18.5 Å². The van der Waals surface area contributed by atoms with Gasteiger partial charge in [-0.1, -0.05) is 0 Å². The van der Waals surface area contributed by atoms with Crippen LogP contribution in [0.2, 0.25) is 0 Å². The van der Waals surface area contributed by atoms with E-state index in [1.54, 1.807) is 11.1 Å². The molecule has 0 radical (unpaired) electrons. The van der Waals surface area contributed by atoms with Crippen LogP contribution < -0.4 is 0 Å². The van der Waals surface area contributed by atoms with Gasteiger partial charge in [0.05, 0.1) is 19.1 Å².